The van der Waals surface area contributed by atoms with Crippen LogP contribution in [0.15, 0.2) is 42.7 Å². The average Bonchev–Trinajstić information content (AvgIpc) is 2.86. The molecule has 0 amide bonds. The third-order valence-corrected chi connectivity index (χ3v) is 2.61. The van der Waals surface area contributed by atoms with E-state index in [-0.39, 0.29) is 0 Å². The van der Waals surface area contributed by atoms with Crippen LogP contribution in [0.2, 0.25) is 0 Å². The molecule has 0 spiro atoms. The summed E-state index contributed by atoms with van der Waals surface area (Å²) in [6.07, 6.45) is 3.31. The minimum absolute atomic E-state index is 0.591. The lowest BCUT2D eigenvalue weighted by Crippen LogP contribution is -2.27. The molecule has 5 nitrogen and oxygen atoms in total. The van der Waals surface area contributed by atoms with Gasteiger partial charge in [0.25, 0.3) is 0 Å². The van der Waals surface area contributed by atoms with Crippen molar-refractivity contribution in [3.8, 4) is 5.69 Å². The van der Waals surface area contributed by atoms with Crippen LogP contribution >= 0.6 is 0 Å². The lowest BCUT2D eigenvalue weighted by Gasteiger charge is -2.10. The van der Waals surface area contributed by atoms with E-state index in [1.54, 1.807) is 17.1 Å². The number of carbonyl (C=O) groups is 1. The predicted octanol–water partition coefficient (Wildman–Crippen LogP) is 1.61. The maximum atomic E-state index is 11.1. The van der Waals surface area contributed by atoms with E-state index in [1.165, 1.54) is 0 Å². The number of benzene rings is 1. The Morgan fingerprint density at radius 1 is 1.44 bits per heavy atom. The number of para-hydroxylation sites is 1. The normalized spacial score (nSPS) is 12.3. The van der Waals surface area contributed by atoms with Gasteiger partial charge in [-0.25, -0.2) is 4.68 Å². The van der Waals surface area contributed by atoms with Crippen LogP contribution in [-0.4, -0.2) is 27.4 Å². The van der Waals surface area contributed by atoms with Crippen LogP contribution in [0.1, 0.15) is 18.5 Å². The number of carboxylic acid groups (broad SMARTS) is 1. The molecule has 1 aromatic heterocycles. The van der Waals surface area contributed by atoms with Crippen LogP contribution in [0.5, 0.6) is 0 Å². The quantitative estimate of drug-likeness (QED) is 0.839. The molecule has 0 fully saturated rings. The number of rotatable bonds is 5. The summed E-state index contributed by atoms with van der Waals surface area (Å²) in [7, 11) is 0. The summed E-state index contributed by atoms with van der Waals surface area (Å²) in [4.78, 5) is 11.1. The number of hydrogen-bond acceptors (Lipinski definition) is 3. The Hall–Kier alpha value is -2.14. The van der Waals surface area contributed by atoms with Crippen LogP contribution in [0.4, 0.5) is 0 Å². The van der Waals surface area contributed by atoms with Gasteiger partial charge in [-0.3, -0.25) is 4.79 Å². The first-order valence-corrected chi connectivity index (χ1v) is 5.78. The molecule has 0 bridgehead atoms. The van der Waals surface area contributed by atoms with Gasteiger partial charge in [-0.15, -0.1) is 0 Å². The second-order valence-corrected chi connectivity index (χ2v) is 3.88. The van der Waals surface area contributed by atoms with Crippen molar-refractivity contribution in [3.63, 3.8) is 0 Å². The molecule has 0 radical (unpaired) electrons. The zero-order valence-corrected chi connectivity index (χ0v) is 10.1. The molecule has 2 N–H and O–H groups in total. The Labute approximate surface area is 105 Å². The molecule has 1 unspecified atom stereocenters. The maximum absolute atomic E-state index is 11.1. The fourth-order valence-corrected chi connectivity index (χ4v) is 1.76. The van der Waals surface area contributed by atoms with Crippen LogP contribution < -0.4 is 5.32 Å². The van der Waals surface area contributed by atoms with Crippen LogP contribution in [-0.2, 0) is 4.79 Å². The van der Waals surface area contributed by atoms with Crippen LogP contribution in [0, 0.1) is 0 Å². The van der Waals surface area contributed by atoms with Gasteiger partial charge < -0.3 is 10.4 Å². The molecule has 5 heteroatoms. The third-order valence-electron chi connectivity index (χ3n) is 2.61. The number of nitrogens with one attached hydrogen (secondary N) is 1. The van der Waals surface area contributed by atoms with Crippen molar-refractivity contribution in [1.82, 2.24) is 15.1 Å². The van der Waals surface area contributed by atoms with Gasteiger partial charge in [0.05, 0.1) is 11.9 Å². The highest BCUT2D eigenvalue weighted by Crippen LogP contribution is 2.14. The molecule has 1 atom stereocenters. The van der Waals surface area contributed by atoms with Gasteiger partial charge in [-0.2, -0.15) is 5.10 Å². The summed E-state index contributed by atoms with van der Waals surface area (Å²) in [5.74, 6) is -0.899. The molecule has 0 saturated heterocycles. The van der Waals surface area contributed by atoms with Crippen molar-refractivity contribution in [2.45, 2.75) is 13.0 Å². The van der Waals surface area contributed by atoms with E-state index < -0.39 is 12.0 Å². The number of hydrogen-bond donors (Lipinski definition) is 2. The first-order chi connectivity index (χ1) is 8.72. The number of carboxylic acids is 1. The molecular formula is C13H15N3O2. The number of aromatic nitrogens is 2. The van der Waals surface area contributed by atoms with E-state index in [0.29, 0.717) is 12.1 Å². The lowest BCUT2D eigenvalue weighted by molar-refractivity contribution is -0.139. The van der Waals surface area contributed by atoms with Crippen molar-refractivity contribution in [2.75, 3.05) is 6.54 Å². The van der Waals surface area contributed by atoms with Gasteiger partial charge in [0, 0.05) is 11.8 Å². The van der Waals surface area contributed by atoms with Gasteiger partial charge in [0.1, 0.15) is 6.04 Å². The SMILES string of the molecule is CCNC(C(=O)O)c1cnn(-c2ccccc2)c1. The monoisotopic (exact) mass is 245 g/mol. The van der Waals surface area contributed by atoms with Gasteiger partial charge in [-0.05, 0) is 18.7 Å². The summed E-state index contributed by atoms with van der Waals surface area (Å²) < 4.78 is 1.67. The highest BCUT2D eigenvalue weighted by Gasteiger charge is 2.20. The molecule has 1 aromatic carbocycles. The maximum Gasteiger partial charge on any atom is 0.325 e. The number of aliphatic carboxylic acids is 1. The summed E-state index contributed by atoms with van der Waals surface area (Å²) in [5, 5.41) is 16.2. The zero-order chi connectivity index (χ0) is 13.0. The Morgan fingerprint density at radius 2 is 2.17 bits per heavy atom. The Morgan fingerprint density at radius 3 is 2.78 bits per heavy atom. The molecule has 94 valence electrons. The van der Waals surface area contributed by atoms with E-state index in [2.05, 4.69) is 10.4 Å². The fourth-order valence-electron chi connectivity index (χ4n) is 1.76. The zero-order valence-electron chi connectivity index (χ0n) is 10.1. The standard InChI is InChI=1S/C13H15N3O2/c1-2-14-12(13(17)18)10-8-15-16(9-10)11-6-4-3-5-7-11/h3-9,12,14H,2H2,1H3,(H,17,18). The highest BCUT2D eigenvalue weighted by atomic mass is 16.4. The molecule has 0 saturated carbocycles. The number of likely N-dealkylation sites (N-methyl/N-ethyl adjacent to an activating group) is 1. The fraction of sp³-hybridized carbons (Fsp3) is 0.231. The molecular weight excluding hydrogens is 230 g/mol. The Balaban J connectivity index is 2.27. The second-order valence-electron chi connectivity index (χ2n) is 3.88. The van der Waals surface area contributed by atoms with Crippen molar-refractivity contribution in [3.05, 3.63) is 48.3 Å². The first kappa shape index (κ1) is 12.3. The van der Waals surface area contributed by atoms with Crippen molar-refractivity contribution >= 4 is 5.97 Å². The topological polar surface area (TPSA) is 67.2 Å². The van der Waals surface area contributed by atoms with Gasteiger partial charge in [-0.1, -0.05) is 25.1 Å². The first-order valence-electron chi connectivity index (χ1n) is 5.78. The molecule has 2 rings (SSSR count). The molecule has 0 aliphatic rings. The van der Waals surface area contributed by atoms with Gasteiger partial charge in [0.2, 0.25) is 0 Å². The predicted molar refractivity (Wildman–Crippen MR) is 67.6 cm³/mol. The van der Waals surface area contributed by atoms with E-state index in [4.69, 9.17) is 5.11 Å². The molecule has 0 aliphatic heterocycles. The minimum atomic E-state index is -0.899. The molecule has 18 heavy (non-hydrogen) atoms. The lowest BCUT2D eigenvalue weighted by atomic mass is 10.1. The van der Waals surface area contributed by atoms with E-state index >= 15 is 0 Å². The van der Waals surface area contributed by atoms with E-state index in [0.717, 1.165) is 5.69 Å². The van der Waals surface area contributed by atoms with Crippen LogP contribution in [0.25, 0.3) is 5.69 Å². The van der Waals surface area contributed by atoms with Crippen molar-refractivity contribution in [1.29, 1.82) is 0 Å². The Bertz CT molecular complexity index is 522. The van der Waals surface area contributed by atoms with Gasteiger partial charge >= 0.3 is 5.97 Å². The van der Waals surface area contributed by atoms with Crippen LogP contribution in [0.3, 0.4) is 0 Å². The highest BCUT2D eigenvalue weighted by molar-refractivity contribution is 5.75. The summed E-state index contributed by atoms with van der Waals surface area (Å²) >= 11 is 0. The summed E-state index contributed by atoms with van der Waals surface area (Å²) in [6, 6.07) is 8.87. The van der Waals surface area contributed by atoms with Crippen molar-refractivity contribution in [2.24, 2.45) is 0 Å². The average molecular weight is 245 g/mol. The Kier molecular flexibility index (Phi) is 3.74. The smallest absolute Gasteiger partial charge is 0.325 e. The molecule has 1 heterocycles. The summed E-state index contributed by atoms with van der Waals surface area (Å²) in [5.41, 5.74) is 1.55. The number of nitrogens with zero attached hydrogens (tertiary/aromatic N) is 2. The molecule has 0 aliphatic carbocycles. The van der Waals surface area contributed by atoms with E-state index in [1.807, 2.05) is 37.3 Å². The minimum Gasteiger partial charge on any atom is -0.480 e. The third kappa shape index (κ3) is 2.57. The largest absolute Gasteiger partial charge is 0.480 e. The van der Waals surface area contributed by atoms with E-state index in [9.17, 15) is 4.79 Å². The van der Waals surface area contributed by atoms with Gasteiger partial charge in [0.15, 0.2) is 0 Å². The second kappa shape index (κ2) is 5.46. The summed E-state index contributed by atoms with van der Waals surface area (Å²) in [6.45, 7) is 2.46. The molecule has 2 aromatic rings. The van der Waals surface area contributed by atoms with Crippen molar-refractivity contribution < 1.29 is 9.90 Å².